The first kappa shape index (κ1) is 24.5. The van der Waals surface area contributed by atoms with E-state index >= 15 is 0 Å². The van der Waals surface area contributed by atoms with Crippen LogP contribution in [0.5, 0.6) is 5.75 Å². The zero-order valence-electron chi connectivity index (χ0n) is 16.8. The number of halogens is 1. The van der Waals surface area contributed by atoms with Crippen LogP contribution in [0.25, 0.3) is 0 Å². The highest BCUT2D eigenvalue weighted by Gasteiger charge is 2.21. The summed E-state index contributed by atoms with van der Waals surface area (Å²) in [5.41, 5.74) is 1.62. The maximum absolute atomic E-state index is 12.6. The molecule has 0 aliphatic heterocycles. The second-order valence-corrected chi connectivity index (χ2v) is 8.94. The molecule has 0 unspecified atom stereocenters. The topological polar surface area (TPSA) is 171 Å². The quantitative estimate of drug-likeness (QED) is 0.191. The Morgan fingerprint density at radius 2 is 1.62 bits per heavy atom. The summed E-state index contributed by atoms with van der Waals surface area (Å²) < 4.78 is 31.0. The van der Waals surface area contributed by atoms with E-state index in [0.29, 0.717) is 4.47 Å². The van der Waals surface area contributed by atoms with Gasteiger partial charge in [0.1, 0.15) is 4.90 Å². The van der Waals surface area contributed by atoms with Crippen LogP contribution in [0.2, 0.25) is 0 Å². The van der Waals surface area contributed by atoms with Gasteiger partial charge in [0.05, 0.1) is 16.1 Å². The molecule has 0 atom stereocenters. The number of carbonyl (C=O) groups excluding carboxylic acids is 1. The Labute approximate surface area is 200 Å². The Balaban J connectivity index is 1.82. The third-order valence-corrected chi connectivity index (χ3v) is 5.90. The number of non-ortho nitro benzene ring substituents is 2. The number of benzene rings is 3. The van der Waals surface area contributed by atoms with Crippen LogP contribution in [-0.4, -0.2) is 30.4 Å². The molecular formula is C20H13BrN4O8S. The van der Waals surface area contributed by atoms with Gasteiger partial charge in [-0.15, -0.1) is 0 Å². The van der Waals surface area contributed by atoms with Crippen molar-refractivity contribution in [3.8, 4) is 5.75 Å². The molecule has 0 fully saturated rings. The molecule has 0 aliphatic rings. The van der Waals surface area contributed by atoms with Crippen LogP contribution in [0, 0.1) is 20.2 Å². The number of nitrogens with one attached hydrogen (secondary N) is 1. The van der Waals surface area contributed by atoms with Gasteiger partial charge in [0.25, 0.3) is 17.3 Å². The lowest BCUT2D eigenvalue weighted by molar-refractivity contribution is -0.385. The van der Waals surface area contributed by atoms with Gasteiger partial charge in [0.2, 0.25) is 0 Å². The standard InChI is InChI=1S/C20H13BrN4O8S/c21-15-7-8-19(33-34(31,32)18-6-2-5-17(11-18)25(29)30)14(9-15)12-22-23-20(26)13-3-1-4-16(10-13)24(27)28/h1-12H,(H,23,26)/b22-12-. The Morgan fingerprint density at radius 3 is 2.29 bits per heavy atom. The second kappa shape index (κ2) is 10.2. The molecule has 0 saturated heterocycles. The molecular weight excluding hydrogens is 536 g/mol. The molecule has 0 heterocycles. The predicted molar refractivity (Wildman–Crippen MR) is 123 cm³/mol. The van der Waals surface area contributed by atoms with Crippen molar-refractivity contribution < 1.29 is 27.2 Å². The number of hydrogen-bond donors (Lipinski definition) is 1. The second-order valence-electron chi connectivity index (χ2n) is 6.48. The normalized spacial score (nSPS) is 11.2. The molecule has 0 bridgehead atoms. The van der Waals surface area contributed by atoms with Gasteiger partial charge < -0.3 is 4.18 Å². The van der Waals surface area contributed by atoms with Crippen LogP contribution < -0.4 is 9.61 Å². The molecule has 0 spiro atoms. The van der Waals surface area contributed by atoms with Gasteiger partial charge in [-0.3, -0.25) is 25.0 Å². The van der Waals surface area contributed by atoms with E-state index in [9.17, 15) is 33.4 Å². The number of nitro benzene ring substituents is 2. The molecule has 1 amide bonds. The lowest BCUT2D eigenvalue weighted by atomic mass is 10.2. The Hall–Kier alpha value is -4.17. The van der Waals surface area contributed by atoms with Crippen molar-refractivity contribution in [2.45, 2.75) is 4.90 Å². The maximum atomic E-state index is 12.6. The van der Waals surface area contributed by atoms with Gasteiger partial charge in [-0.25, -0.2) is 5.43 Å². The smallest absolute Gasteiger partial charge is 0.339 e. The lowest BCUT2D eigenvalue weighted by Crippen LogP contribution is -2.18. The summed E-state index contributed by atoms with van der Waals surface area (Å²) >= 11 is 3.23. The number of rotatable bonds is 8. The highest BCUT2D eigenvalue weighted by atomic mass is 79.9. The van der Waals surface area contributed by atoms with E-state index in [0.717, 1.165) is 30.5 Å². The van der Waals surface area contributed by atoms with E-state index in [1.165, 1.54) is 42.5 Å². The third-order valence-electron chi connectivity index (χ3n) is 4.18. The summed E-state index contributed by atoms with van der Waals surface area (Å²) in [6, 6.07) is 13.6. The first-order valence-corrected chi connectivity index (χ1v) is 11.3. The molecule has 12 nitrogen and oxygen atoms in total. The van der Waals surface area contributed by atoms with Crippen LogP contribution in [0.1, 0.15) is 15.9 Å². The monoisotopic (exact) mass is 548 g/mol. The summed E-state index contributed by atoms with van der Waals surface area (Å²) in [4.78, 5) is 32.2. The van der Waals surface area contributed by atoms with E-state index < -0.39 is 36.5 Å². The molecule has 3 aromatic carbocycles. The van der Waals surface area contributed by atoms with Crippen molar-refractivity contribution in [1.29, 1.82) is 0 Å². The van der Waals surface area contributed by atoms with Crippen LogP contribution >= 0.6 is 15.9 Å². The summed E-state index contributed by atoms with van der Waals surface area (Å²) in [6.45, 7) is 0. The molecule has 0 aromatic heterocycles. The fourth-order valence-electron chi connectivity index (χ4n) is 2.60. The summed E-state index contributed by atoms with van der Waals surface area (Å²) in [5.74, 6) is -0.898. The van der Waals surface area contributed by atoms with Crippen molar-refractivity contribution in [3.05, 3.63) is 103 Å². The third kappa shape index (κ3) is 5.99. The van der Waals surface area contributed by atoms with Gasteiger partial charge in [0, 0.05) is 39.9 Å². The first-order valence-electron chi connectivity index (χ1n) is 9.13. The highest BCUT2D eigenvalue weighted by Crippen LogP contribution is 2.26. The van der Waals surface area contributed by atoms with E-state index in [1.807, 2.05) is 0 Å². The Morgan fingerprint density at radius 1 is 0.971 bits per heavy atom. The fraction of sp³-hybridized carbons (Fsp3) is 0. The number of amides is 1. The molecule has 0 radical (unpaired) electrons. The molecule has 0 aliphatic carbocycles. The molecule has 34 heavy (non-hydrogen) atoms. The Kier molecular flexibility index (Phi) is 7.33. The molecule has 0 saturated carbocycles. The average Bonchev–Trinajstić information content (AvgIpc) is 2.80. The molecule has 1 N–H and O–H groups in total. The zero-order chi connectivity index (χ0) is 24.9. The van der Waals surface area contributed by atoms with E-state index in [4.69, 9.17) is 4.18 Å². The van der Waals surface area contributed by atoms with E-state index in [1.54, 1.807) is 0 Å². The minimum Gasteiger partial charge on any atom is -0.378 e. The van der Waals surface area contributed by atoms with Gasteiger partial charge in [-0.05, 0) is 30.3 Å². The highest BCUT2D eigenvalue weighted by molar-refractivity contribution is 9.10. The van der Waals surface area contributed by atoms with Gasteiger partial charge in [-0.1, -0.05) is 28.1 Å². The van der Waals surface area contributed by atoms with Crippen LogP contribution in [-0.2, 0) is 10.1 Å². The molecule has 14 heteroatoms. The zero-order valence-corrected chi connectivity index (χ0v) is 19.2. The minimum atomic E-state index is -4.43. The molecule has 174 valence electrons. The van der Waals surface area contributed by atoms with Crippen molar-refractivity contribution in [2.24, 2.45) is 5.10 Å². The van der Waals surface area contributed by atoms with E-state index in [2.05, 4.69) is 26.5 Å². The fourth-order valence-corrected chi connectivity index (χ4v) is 3.97. The number of carbonyl (C=O) groups is 1. The SMILES string of the molecule is O=C(N/N=C\c1cc(Br)ccc1OS(=O)(=O)c1cccc([N+](=O)[O-])c1)c1cccc([N+](=O)[O-])c1. The predicted octanol–water partition coefficient (Wildman–Crippen LogP) is 3.80. The van der Waals surface area contributed by atoms with Crippen LogP contribution in [0.3, 0.4) is 0 Å². The summed E-state index contributed by atoms with van der Waals surface area (Å²) in [5, 5.41) is 25.5. The van der Waals surface area contributed by atoms with Crippen molar-refractivity contribution in [3.63, 3.8) is 0 Å². The van der Waals surface area contributed by atoms with Crippen LogP contribution in [0.4, 0.5) is 11.4 Å². The average molecular weight is 549 g/mol. The van der Waals surface area contributed by atoms with Crippen molar-refractivity contribution in [2.75, 3.05) is 0 Å². The maximum Gasteiger partial charge on any atom is 0.339 e. The van der Waals surface area contributed by atoms with Gasteiger partial charge >= 0.3 is 10.1 Å². The minimum absolute atomic E-state index is 0.00897. The molecule has 3 rings (SSSR count). The number of hydrogen-bond acceptors (Lipinski definition) is 9. The van der Waals surface area contributed by atoms with Crippen molar-refractivity contribution >= 4 is 49.5 Å². The van der Waals surface area contributed by atoms with Crippen molar-refractivity contribution in [1.82, 2.24) is 5.43 Å². The number of hydrazone groups is 1. The summed E-state index contributed by atoms with van der Waals surface area (Å²) in [6.07, 6.45) is 1.11. The van der Waals surface area contributed by atoms with Crippen LogP contribution in [0.15, 0.2) is 81.2 Å². The van der Waals surface area contributed by atoms with Gasteiger partial charge in [-0.2, -0.15) is 13.5 Å². The van der Waals surface area contributed by atoms with E-state index in [-0.39, 0.29) is 22.6 Å². The first-order chi connectivity index (χ1) is 16.1. The largest absolute Gasteiger partial charge is 0.378 e. The molecule has 3 aromatic rings. The van der Waals surface area contributed by atoms with Gasteiger partial charge in [0.15, 0.2) is 5.75 Å². The Bertz CT molecular complexity index is 1430. The number of nitrogens with zero attached hydrogens (tertiary/aromatic N) is 3. The lowest BCUT2D eigenvalue weighted by Gasteiger charge is -2.10. The number of nitro groups is 2. The summed E-state index contributed by atoms with van der Waals surface area (Å²) in [7, 11) is -4.43.